The second-order valence-electron chi connectivity index (χ2n) is 5.10. The summed E-state index contributed by atoms with van der Waals surface area (Å²) < 4.78 is 6.19. The lowest BCUT2D eigenvalue weighted by Gasteiger charge is -2.30. The zero-order valence-electron chi connectivity index (χ0n) is 10.7. The van der Waals surface area contributed by atoms with Crippen molar-refractivity contribution in [3.05, 3.63) is 28.2 Å². The molecule has 0 saturated heterocycles. The summed E-state index contributed by atoms with van der Waals surface area (Å²) in [6.45, 7) is 0. The molecule has 0 bridgehead atoms. The molecule has 0 unspecified atom stereocenters. The minimum absolute atomic E-state index is 0.147. The maximum atomic E-state index is 9.49. The van der Waals surface area contributed by atoms with Gasteiger partial charge in [-0.2, -0.15) is 5.26 Å². The molecule has 0 atom stereocenters. The van der Waals surface area contributed by atoms with Crippen LogP contribution in [0.2, 0.25) is 0 Å². The van der Waals surface area contributed by atoms with Crippen LogP contribution in [0.1, 0.15) is 37.7 Å². The van der Waals surface area contributed by atoms with Crippen LogP contribution in [0.25, 0.3) is 0 Å². The van der Waals surface area contributed by atoms with Crippen molar-refractivity contribution in [3.8, 4) is 11.8 Å². The zero-order chi connectivity index (χ0) is 13.0. The zero-order valence-corrected chi connectivity index (χ0v) is 12.3. The maximum absolute atomic E-state index is 9.49. The van der Waals surface area contributed by atoms with Gasteiger partial charge in [0.25, 0.3) is 0 Å². The average Bonchev–Trinajstić information content (AvgIpc) is 2.40. The lowest BCUT2D eigenvalue weighted by Crippen LogP contribution is -2.24. The normalized spacial score (nSPS) is 18.1. The van der Waals surface area contributed by atoms with Crippen molar-refractivity contribution in [3.63, 3.8) is 0 Å². The average molecular weight is 308 g/mol. The Kier molecular flexibility index (Phi) is 4.29. The topological polar surface area (TPSA) is 33.0 Å². The Morgan fingerprint density at radius 1 is 1.33 bits per heavy atom. The monoisotopic (exact) mass is 307 g/mol. The number of halogens is 1. The van der Waals surface area contributed by atoms with Gasteiger partial charge >= 0.3 is 0 Å². The van der Waals surface area contributed by atoms with Crippen molar-refractivity contribution < 1.29 is 4.74 Å². The Morgan fingerprint density at radius 3 is 2.61 bits per heavy atom. The SMILES string of the molecule is COc1ccc(CC2(C#N)CCCCC2)cc1Br. The fourth-order valence-corrected chi connectivity index (χ4v) is 3.36. The number of hydrogen-bond acceptors (Lipinski definition) is 2. The van der Waals surface area contributed by atoms with Crippen LogP contribution in [0, 0.1) is 16.7 Å². The molecule has 1 aromatic carbocycles. The van der Waals surface area contributed by atoms with E-state index in [2.05, 4.69) is 34.1 Å². The molecule has 96 valence electrons. The van der Waals surface area contributed by atoms with Crippen molar-refractivity contribution in [1.82, 2.24) is 0 Å². The summed E-state index contributed by atoms with van der Waals surface area (Å²) in [6, 6.07) is 8.68. The Balaban J connectivity index is 2.17. The lowest BCUT2D eigenvalue weighted by atomic mass is 9.71. The van der Waals surface area contributed by atoms with Gasteiger partial charge in [0.2, 0.25) is 0 Å². The lowest BCUT2D eigenvalue weighted by molar-refractivity contribution is 0.266. The van der Waals surface area contributed by atoms with E-state index in [4.69, 9.17) is 4.74 Å². The van der Waals surface area contributed by atoms with Gasteiger partial charge in [0.1, 0.15) is 5.75 Å². The molecular formula is C15H18BrNO. The van der Waals surface area contributed by atoms with Crippen LogP contribution in [0.5, 0.6) is 5.75 Å². The van der Waals surface area contributed by atoms with Gasteiger partial charge in [0.05, 0.1) is 23.1 Å². The van der Waals surface area contributed by atoms with Crippen molar-refractivity contribution >= 4 is 15.9 Å². The summed E-state index contributed by atoms with van der Waals surface area (Å²) >= 11 is 3.50. The number of rotatable bonds is 3. The number of hydrogen-bond donors (Lipinski definition) is 0. The molecule has 1 aromatic rings. The molecule has 0 amide bonds. The maximum Gasteiger partial charge on any atom is 0.133 e. The molecule has 0 aliphatic heterocycles. The first-order valence-corrected chi connectivity index (χ1v) is 7.22. The van der Waals surface area contributed by atoms with Crippen molar-refractivity contribution in [2.45, 2.75) is 38.5 Å². The summed E-state index contributed by atoms with van der Waals surface area (Å²) in [5, 5.41) is 9.49. The highest BCUT2D eigenvalue weighted by molar-refractivity contribution is 9.10. The minimum atomic E-state index is -0.147. The van der Waals surface area contributed by atoms with Gasteiger partial charge in [-0.15, -0.1) is 0 Å². The molecule has 18 heavy (non-hydrogen) atoms. The van der Waals surface area contributed by atoms with Crippen LogP contribution < -0.4 is 4.74 Å². The molecule has 2 nitrogen and oxygen atoms in total. The summed E-state index contributed by atoms with van der Waals surface area (Å²) in [5.41, 5.74) is 1.07. The predicted molar refractivity (Wildman–Crippen MR) is 75.5 cm³/mol. The number of benzene rings is 1. The second-order valence-corrected chi connectivity index (χ2v) is 5.95. The summed E-state index contributed by atoms with van der Waals surface area (Å²) in [6.07, 6.45) is 6.57. The highest BCUT2D eigenvalue weighted by Crippen LogP contribution is 2.39. The molecule has 1 saturated carbocycles. The molecule has 3 heteroatoms. The van der Waals surface area contributed by atoms with Gasteiger partial charge in [-0.05, 0) is 52.9 Å². The largest absolute Gasteiger partial charge is 0.496 e. The van der Waals surface area contributed by atoms with E-state index in [9.17, 15) is 5.26 Å². The number of nitrogens with zero attached hydrogens (tertiary/aromatic N) is 1. The fraction of sp³-hybridized carbons (Fsp3) is 0.533. The van der Waals surface area contributed by atoms with Gasteiger partial charge in [-0.25, -0.2) is 0 Å². The summed E-state index contributed by atoms with van der Waals surface area (Å²) in [4.78, 5) is 0. The van der Waals surface area contributed by atoms with Crippen LogP contribution in [-0.4, -0.2) is 7.11 Å². The number of ether oxygens (including phenoxy) is 1. The van der Waals surface area contributed by atoms with Crippen LogP contribution >= 0.6 is 15.9 Å². The van der Waals surface area contributed by atoms with Gasteiger partial charge in [0.15, 0.2) is 0 Å². The molecule has 0 aromatic heterocycles. The van der Waals surface area contributed by atoms with E-state index >= 15 is 0 Å². The van der Waals surface area contributed by atoms with Crippen LogP contribution in [0.15, 0.2) is 22.7 Å². The number of methoxy groups -OCH3 is 1. The van der Waals surface area contributed by atoms with E-state index in [1.54, 1.807) is 7.11 Å². The molecular weight excluding hydrogens is 290 g/mol. The molecule has 1 aliphatic rings. The number of nitriles is 1. The van der Waals surface area contributed by atoms with Crippen molar-refractivity contribution in [1.29, 1.82) is 5.26 Å². The van der Waals surface area contributed by atoms with Crippen LogP contribution in [-0.2, 0) is 6.42 Å². The molecule has 0 heterocycles. The highest BCUT2D eigenvalue weighted by atomic mass is 79.9. The Labute approximate surface area is 117 Å². The third-order valence-electron chi connectivity index (χ3n) is 3.81. The van der Waals surface area contributed by atoms with Crippen LogP contribution in [0.3, 0.4) is 0 Å². The Hall–Kier alpha value is -1.01. The van der Waals surface area contributed by atoms with E-state index in [0.717, 1.165) is 29.5 Å². The molecule has 1 fully saturated rings. The first-order valence-electron chi connectivity index (χ1n) is 6.43. The molecule has 0 radical (unpaired) electrons. The molecule has 0 N–H and O–H groups in total. The van der Waals surface area contributed by atoms with Gasteiger partial charge in [0, 0.05) is 0 Å². The van der Waals surface area contributed by atoms with Crippen molar-refractivity contribution in [2.24, 2.45) is 5.41 Å². The third kappa shape index (κ3) is 2.87. The van der Waals surface area contributed by atoms with E-state index in [1.807, 2.05) is 6.07 Å². The molecule has 2 rings (SSSR count). The van der Waals surface area contributed by atoms with Gasteiger partial charge in [-0.3, -0.25) is 0 Å². The molecule has 0 spiro atoms. The van der Waals surface area contributed by atoms with E-state index in [0.29, 0.717) is 0 Å². The first-order chi connectivity index (χ1) is 8.69. The smallest absolute Gasteiger partial charge is 0.133 e. The predicted octanol–water partition coefficient (Wildman–Crippen LogP) is 4.47. The van der Waals surface area contributed by atoms with Crippen molar-refractivity contribution in [2.75, 3.05) is 7.11 Å². The highest BCUT2D eigenvalue weighted by Gasteiger charge is 2.32. The third-order valence-corrected chi connectivity index (χ3v) is 4.43. The molecule has 1 aliphatic carbocycles. The van der Waals surface area contributed by atoms with E-state index < -0.39 is 0 Å². The Morgan fingerprint density at radius 2 is 2.06 bits per heavy atom. The Bertz CT molecular complexity index is 458. The second kappa shape index (κ2) is 5.75. The first kappa shape index (κ1) is 13.4. The van der Waals surface area contributed by atoms with E-state index in [-0.39, 0.29) is 5.41 Å². The van der Waals surface area contributed by atoms with Crippen LogP contribution in [0.4, 0.5) is 0 Å². The minimum Gasteiger partial charge on any atom is -0.496 e. The fourth-order valence-electron chi connectivity index (χ4n) is 2.77. The van der Waals surface area contributed by atoms with E-state index in [1.165, 1.54) is 24.8 Å². The quantitative estimate of drug-likeness (QED) is 0.825. The van der Waals surface area contributed by atoms with Gasteiger partial charge < -0.3 is 4.74 Å². The standard InChI is InChI=1S/C15H18BrNO/c1-18-14-6-5-12(9-13(14)16)10-15(11-17)7-3-2-4-8-15/h5-6,9H,2-4,7-8,10H2,1H3. The van der Waals surface area contributed by atoms with Gasteiger partial charge in [-0.1, -0.05) is 25.3 Å². The summed E-state index contributed by atoms with van der Waals surface area (Å²) in [5.74, 6) is 0.841. The summed E-state index contributed by atoms with van der Waals surface area (Å²) in [7, 11) is 1.66.